The van der Waals surface area contributed by atoms with Crippen LogP contribution in [0.4, 0.5) is 10.9 Å². The summed E-state index contributed by atoms with van der Waals surface area (Å²) in [6, 6.07) is 0. The Hall–Kier alpha value is -0.990. The number of likely N-dealkylation sites (N-methyl/N-ethyl adjacent to an activating group) is 1. The van der Waals surface area contributed by atoms with E-state index in [1.165, 1.54) is 11.3 Å². The van der Waals surface area contributed by atoms with Gasteiger partial charge in [-0.3, -0.25) is 4.79 Å². The highest BCUT2D eigenvalue weighted by atomic mass is 32.2. The predicted octanol–water partition coefficient (Wildman–Crippen LogP) is 0.912. The molecule has 118 valence electrons. The number of nitrogens with two attached hydrogens (primary N) is 1. The number of thioether (sulfide) groups is 1. The Morgan fingerprint density at radius 1 is 1.43 bits per heavy atom. The van der Waals surface area contributed by atoms with Gasteiger partial charge in [-0.15, -0.1) is 0 Å². The van der Waals surface area contributed by atoms with Crippen LogP contribution in [-0.4, -0.2) is 79.5 Å². The number of nitrogen functional groups attached to an aromatic ring is 1. The summed E-state index contributed by atoms with van der Waals surface area (Å²) in [4.78, 5) is 23.6. The Kier molecular flexibility index (Phi) is 5.72. The first-order valence-electron chi connectivity index (χ1n) is 6.97. The average Bonchev–Trinajstić information content (AvgIpc) is 2.86. The van der Waals surface area contributed by atoms with Crippen LogP contribution in [0.25, 0.3) is 0 Å². The van der Waals surface area contributed by atoms with E-state index >= 15 is 0 Å². The van der Waals surface area contributed by atoms with Crippen molar-refractivity contribution >= 4 is 40.0 Å². The number of piperazine rings is 1. The minimum Gasteiger partial charge on any atom is -0.382 e. The Morgan fingerprint density at radius 3 is 2.71 bits per heavy atom. The smallest absolute Gasteiger partial charge is 0.267 e. The first-order valence-corrected chi connectivity index (χ1v) is 9.18. The number of carbonyl (C=O) groups excluding carboxylic acids is 1. The lowest BCUT2D eigenvalue weighted by Gasteiger charge is -2.32. The van der Waals surface area contributed by atoms with Gasteiger partial charge in [0.2, 0.25) is 0 Å². The Labute approximate surface area is 134 Å². The quantitative estimate of drug-likeness (QED) is 0.866. The van der Waals surface area contributed by atoms with Crippen LogP contribution in [0, 0.1) is 0 Å². The van der Waals surface area contributed by atoms with E-state index in [1.54, 1.807) is 16.7 Å². The third kappa shape index (κ3) is 4.02. The van der Waals surface area contributed by atoms with Gasteiger partial charge < -0.3 is 20.4 Å². The van der Waals surface area contributed by atoms with Crippen LogP contribution < -0.4 is 10.6 Å². The van der Waals surface area contributed by atoms with Gasteiger partial charge in [0.1, 0.15) is 10.7 Å². The molecule has 2 heterocycles. The number of nitrogens with zero attached hydrogens (tertiary/aromatic N) is 4. The second kappa shape index (κ2) is 7.33. The highest BCUT2D eigenvalue weighted by Gasteiger charge is 2.23. The third-order valence-electron chi connectivity index (χ3n) is 3.59. The van der Waals surface area contributed by atoms with Crippen molar-refractivity contribution in [2.24, 2.45) is 0 Å². The zero-order valence-corrected chi connectivity index (χ0v) is 14.5. The Morgan fingerprint density at radius 2 is 2.10 bits per heavy atom. The zero-order valence-electron chi connectivity index (χ0n) is 12.8. The largest absolute Gasteiger partial charge is 0.382 e. The third-order valence-corrected chi connectivity index (χ3v) is 5.30. The van der Waals surface area contributed by atoms with Crippen LogP contribution in [0.15, 0.2) is 0 Å². The maximum absolute atomic E-state index is 12.4. The molecule has 0 saturated carbocycles. The zero-order chi connectivity index (χ0) is 15.4. The minimum atomic E-state index is -0.0283. The van der Waals surface area contributed by atoms with Crippen molar-refractivity contribution in [3.63, 3.8) is 0 Å². The van der Waals surface area contributed by atoms with Gasteiger partial charge in [-0.25, -0.2) is 4.98 Å². The van der Waals surface area contributed by atoms with Gasteiger partial charge in [0.15, 0.2) is 5.13 Å². The minimum absolute atomic E-state index is 0.0283. The number of carbonyl (C=O) groups is 1. The first-order chi connectivity index (χ1) is 10.0. The molecule has 0 spiro atoms. The first kappa shape index (κ1) is 16.4. The number of anilines is 2. The molecule has 1 fully saturated rings. The summed E-state index contributed by atoms with van der Waals surface area (Å²) in [5.74, 6) is 1.25. The molecule has 1 aromatic heterocycles. The number of rotatable bonds is 5. The molecule has 0 aromatic carbocycles. The fourth-order valence-electron chi connectivity index (χ4n) is 2.11. The van der Waals surface area contributed by atoms with Crippen molar-refractivity contribution in [2.45, 2.75) is 0 Å². The number of aromatic nitrogens is 1. The van der Waals surface area contributed by atoms with E-state index in [9.17, 15) is 4.79 Å². The summed E-state index contributed by atoms with van der Waals surface area (Å²) in [5.41, 5.74) is 5.95. The molecule has 0 unspecified atom stereocenters. The lowest BCUT2D eigenvalue weighted by molar-refractivity contribution is 0.0809. The number of hydrogen-bond donors (Lipinski definition) is 1. The standard InChI is InChI=1S/C13H23N5OS2/c1-16-4-6-18(7-5-16)13-15-11(14)10(21-13)12(19)17(2)8-9-20-3/h4-9,14H2,1-3H3. The molecular formula is C13H23N5OS2. The molecular weight excluding hydrogens is 306 g/mol. The van der Waals surface area contributed by atoms with E-state index in [2.05, 4.69) is 21.8 Å². The van der Waals surface area contributed by atoms with Gasteiger partial charge in [-0.1, -0.05) is 11.3 Å². The number of thiazole rings is 1. The van der Waals surface area contributed by atoms with E-state index in [4.69, 9.17) is 5.73 Å². The molecule has 2 rings (SSSR count). The summed E-state index contributed by atoms with van der Waals surface area (Å²) in [6.45, 7) is 4.60. The van der Waals surface area contributed by atoms with Crippen LogP contribution in [0.1, 0.15) is 9.67 Å². The fourth-order valence-corrected chi connectivity index (χ4v) is 3.60. The summed E-state index contributed by atoms with van der Waals surface area (Å²) < 4.78 is 0. The van der Waals surface area contributed by atoms with Crippen molar-refractivity contribution in [1.29, 1.82) is 0 Å². The number of hydrogen-bond acceptors (Lipinski definition) is 7. The van der Waals surface area contributed by atoms with E-state index in [0.717, 1.165) is 43.6 Å². The molecule has 0 atom stereocenters. The van der Waals surface area contributed by atoms with Gasteiger partial charge >= 0.3 is 0 Å². The van der Waals surface area contributed by atoms with Gasteiger partial charge in [-0.05, 0) is 13.3 Å². The molecule has 0 radical (unpaired) electrons. The van der Waals surface area contributed by atoms with Crippen molar-refractivity contribution < 1.29 is 4.79 Å². The van der Waals surface area contributed by atoms with Gasteiger partial charge in [0, 0.05) is 45.5 Å². The van der Waals surface area contributed by atoms with Gasteiger partial charge in [0.25, 0.3) is 5.91 Å². The van der Waals surface area contributed by atoms with Crippen molar-refractivity contribution in [2.75, 3.05) is 69.5 Å². The molecule has 1 amide bonds. The molecule has 1 aliphatic heterocycles. The van der Waals surface area contributed by atoms with Gasteiger partial charge in [0.05, 0.1) is 0 Å². The normalized spacial score (nSPS) is 16.2. The molecule has 6 nitrogen and oxygen atoms in total. The average molecular weight is 329 g/mol. The van der Waals surface area contributed by atoms with Crippen molar-refractivity contribution in [1.82, 2.24) is 14.8 Å². The van der Waals surface area contributed by atoms with Crippen molar-refractivity contribution in [3.8, 4) is 0 Å². The topological polar surface area (TPSA) is 65.7 Å². The maximum atomic E-state index is 12.4. The molecule has 2 N–H and O–H groups in total. The molecule has 1 saturated heterocycles. The van der Waals surface area contributed by atoms with E-state index in [1.807, 2.05) is 13.3 Å². The van der Waals surface area contributed by atoms with E-state index < -0.39 is 0 Å². The maximum Gasteiger partial charge on any atom is 0.267 e. The predicted molar refractivity (Wildman–Crippen MR) is 91.6 cm³/mol. The Balaban J connectivity index is 2.06. The SMILES string of the molecule is CSCCN(C)C(=O)c1sc(N2CCN(C)CC2)nc1N. The lowest BCUT2D eigenvalue weighted by atomic mass is 10.3. The van der Waals surface area contributed by atoms with E-state index in [0.29, 0.717) is 10.7 Å². The van der Waals surface area contributed by atoms with Crippen LogP contribution in [0.2, 0.25) is 0 Å². The monoisotopic (exact) mass is 329 g/mol. The molecule has 8 heteroatoms. The second-order valence-corrected chi connectivity index (χ2v) is 7.18. The molecule has 1 aliphatic rings. The fraction of sp³-hybridized carbons (Fsp3) is 0.692. The molecule has 0 bridgehead atoms. The van der Waals surface area contributed by atoms with Crippen LogP contribution in [-0.2, 0) is 0 Å². The number of amides is 1. The summed E-state index contributed by atoms with van der Waals surface area (Å²) >= 11 is 3.14. The highest BCUT2D eigenvalue weighted by Crippen LogP contribution is 2.29. The Bertz CT molecular complexity index is 485. The van der Waals surface area contributed by atoms with Gasteiger partial charge in [-0.2, -0.15) is 11.8 Å². The summed E-state index contributed by atoms with van der Waals surface area (Å²) in [7, 11) is 3.93. The van der Waals surface area contributed by atoms with E-state index in [-0.39, 0.29) is 5.91 Å². The molecule has 1 aromatic rings. The van der Waals surface area contributed by atoms with Crippen LogP contribution in [0.3, 0.4) is 0 Å². The second-order valence-electron chi connectivity index (χ2n) is 5.22. The molecule has 21 heavy (non-hydrogen) atoms. The van der Waals surface area contributed by atoms with Crippen LogP contribution >= 0.6 is 23.1 Å². The molecule has 0 aliphatic carbocycles. The van der Waals surface area contributed by atoms with Crippen LogP contribution in [0.5, 0.6) is 0 Å². The highest BCUT2D eigenvalue weighted by molar-refractivity contribution is 7.98. The summed E-state index contributed by atoms with van der Waals surface area (Å²) in [6.07, 6.45) is 2.03. The van der Waals surface area contributed by atoms with Crippen molar-refractivity contribution in [3.05, 3.63) is 4.88 Å². The lowest BCUT2D eigenvalue weighted by Crippen LogP contribution is -2.44. The summed E-state index contributed by atoms with van der Waals surface area (Å²) in [5, 5.41) is 0.863.